The van der Waals surface area contributed by atoms with Gasteiger partial charge in [0, 0.05) is 41.5 Å². The molecule has 5 nitrogen and oxygen atoms in total. The highest BCUT2D eigenvalue weighted by molar-refractivity contribution is 7.99. The fourth-order valence-corrected chi connectivity index (χ4v) is 4.84. The molecule has 0 radical (unpaired) electrons. The van der Waals surface area contributed by atoms with Crippen molar-refractivity contribution in [2.45, 2.75) is 37.6 Å². The van der Waals surface area contributed by atoms with Crippen molar-refractivity contribution in [2.24, 2.45) is 0 Å². The molecule has 140 valence electrons. The average molecular weight is 392 g/mol. The van der Waals surface area contributed by atoms with E-state index in [-0.39, 0.29) is 5.91 Å². The summed E-state index contributed by atoms with van der Waals surface area (Å²) < 4.78 is 5.15. The number of rotatable bonds is 8. The van der Waals surface area contributed by atoms with Crippen molar-refractivity contribution in [3.05, 3.63) is 34.8 Å². The summed E-state index contributed by atoms with van der Waals surface area (Å²) >= 11 is 3.29. The van der Waals surface area contributed by atoms with Crippen LogP contribution in [0.3, 0.4) is 0 Å². The highest BCUT2D eigenvalue weighted by atomic mass is 32.2. The van der Waals surface area contributed by atoms with Gasteiger partial charge in [-0.15, -0.1) is 23.1 Å². The van der Waals surface area contributed by atoms with Gasteiger partial charge in [0.1, 0.15) is 5.75 Å². The van der Waals surface area contributed by atoms with Gasteiger partial charge in [-0.2, -0.15) is 0 Å². The van der Waals surface area contributed by atoms with Crippen molar-refractivity contribution in [3.63, 3.8) is 0 Å². The fraction of sp³-hybridized carbons (Fsp3) is 0.474. The van der Waals surface area contributed by atoms with Crippen molar-refractivity contribution in [2.75, 3.05) is 31.3 Å². The number of hydrogen-bond acceptors (Lipinski definition) is 6. The molecule has 0 spiro atoms. The molecule has 0 fully saturated rings. The maximum atomic E-state index is 12.2. The van der Waals surface area contributed by atoms with Gasteiger partial charge < -0.3 is 10.1 Å². The van der Waals surface area contributed by atoms with E-state index in [4.69, 9.17) is 4.74 Å². The minimum atomic E-state index is 0.0301. The summed E-state index contributed by atoms with van der Waals surface area (Å²) in [5.41, 5.74) is 1.16. The number of anilines is 1. The van der Waals surface area contributed by atoms with Crippen molar-refractivity contribution in [1.82, 2.24) is 9.88 Å². The Balaban J connectivity index is 1.45. The van der Waals surface area contributed by atoms with Crippen molar-refractivity contribution in [3.8, 4) is 5.75 Å². The average Bonchev–Trinajstić information content (AvgIpc) is 3.04. The van der Waals surface area contributed by atoms with Gasteiger partial charge in [-0.3, -0.25) is 9.69 Å². The molecule has 26 heavy (non-hydrogen) atoms. The number of thiazole rings is 1. The van der Waals surface area contributed by atoms with Crippen molar-refractivity contribution < 1.29 is 9.53 Å². The Kier molecular flexibility index (Phi) is 6.93. The molecule has 7 heteroatoms. The SMILES string of the molecule is CCCN1CCc2nc(NC(=O)CCSc3ccc(OC)cc3)sc2C1. The van der Waals surface area contributed by atoms with Crippen LogP contribution in [0, 0.1) is 0 Å². The molecule has 0 unspecified atom stereocenters. The number of nitrogens with one attached hydrogen (secondary N) is 1. The van der Waals surface area contributed by atoms with Gasteiger partial charge in [0.25, 0.3) is 0 Å². The summed E-state index contributed by atoms with van der Waals surface area (Å²) in [6, 6.07) is 7.89. The van der Waals surface area contributed by atoms with Crippen LogP contribution in [0.15, 0.2) is 29.2 Å². The van der Waals surface area contributed by atoms with Crippen LogP contribution < -0.4 is 10.1 Å². The van der Waals surface area contributed by atoms with Crippen LogP contribution in [-0.2, 0) is 17.8 Å². The molecule has 1 aromatic carbocycles. The van der Waals surface area contributed by atoms with E-state index in [9.17, 15) is 4.79 Å². The third kappa shape index (κ3) is 5.22. The van der Waals surface area contributed by atoms with E-state index in [0.717, 1.165) is 53.3 Å². The summed E-state index contributed by atoms with van der Waals surface area (Å²) in [6.07, 6.45) is 2.63. The lowest BCUT2D eigenvalue weighted by molar-refractivity contribution is -0.115. The van der Waals surface area contributed by atoms with Crippen molar-refractivity contribution >= 4 is 34.1 Å². The zero-order chi connectivity index (χ0) is 18.4. The van der Waals surface area contributed by atoms with Crippen LogP contribution in [-0.4, -0.2) is 41.7 Å². The number of carbonyl (C=O) groups is 1. The Morgan fingerprint density at radius 3 is 2.92 bits per heavy atom. The first-order valence-corrected chi connectivity index (χ1v) is 10.8. The number of aromatic nitrogens is 1. The Hall–Kier alpha value is -1.57. The third-order valence-electron chi connectivity index (χ3n) is 4.25. The van der Waals surface area contributed by atoms with E-state index in [2.05, 4.69) is 22.1 Å². The van der Waals surface area contributed by atoms with E-state index in [1.165, 1.54) is 11.3 Å². The minimum Gasteiger partial charge on any atom is -0.497 e. The van der Waals surface area contributed by atoms with Crippen LogP contribution >= 0.6 is 23.1 Å². The molecular weight excluding hydrogens is 366 g/mol. The lowest BCUT2D eigenvalue weighted by Gasteiger charge is -2.24. The molecule has 0 saturated carbocycles. The molecule has 0 bridgehead atoms. The van der Waals surface area contributed by atoms with Crippen LogP contribution in [0.4, 0.5) is 5.13 Å². The summed E-state index contributed by atoms with van der Waals surface area (Å²) in [7, 11) is 1.66. The van der Waals surface area contributed by atoms with Gasteiger partial charge in [-0.1, -0.05) is 6.92 Å². The van der Waals surface area contributed by atoms with Crippen LogP contribution in [0.1, 0.15) is 30.3 Å². The summed E-state index contributed by atoms with van der Waals surface area (Å²) in [5.74, 6) is 1.62. The smallest absolute Gasteiger partial charge is 0.226 e. The molecule has 0 aliphatic carbocycles. The standard InChI is InChI=1S/C19H25N3O2S2/c1-3-10-22-11-8-16-17(13-22)26-19(20-16)21-18(23)9-12-25-15-6-4-14(24-2)5-7-15/h4-7H,3,8-13H2,1-2H3,(H,20,21,23). The second kappa shape index (κ2) is 9.39. The lowest BCUT2D eigenvalue weighted by Crippen LogP contribution is -2.30. The Labute approximate surface area is 163 Å². The number of benzene rings is 1. The van der Waals surface area contributed by atoms with Gasteiger partial charge in [0.2, 0.25) is 5.91 Å². The molecule has 0 atom stereocenters. The second-order valence-electron chi connectivity index (χ2n) is 6.24. The molecule has 1 aromatic heterocycles. The van der Waals surface area contributed by atoms with E-state index in [1.54, 1.807) is 30.2 Å². The van der Waals surface area contributed by atoms with E-state index in [0.29, 0.717) is 6.42 Å². The Morgan fingerprint density at radius 1 is 1.38 bits per heavy atom. The largest absolute Gasteiger partial charge is 0.497 e. The van der Waals surface area contributed by atoms with Gasteiger partial charge in [0.15, 0.2) is 5.13 Å². The first-order valence-electron chi connectivity index (χ1n) is 8.95. The van der Waals surface area contributed by atoms with Crippen LogP contribution in [0.5, 0.6) is 5.75 Å². The second-order valence-corrected chi connectivity index (χ2v) is 8.49. The summed E-state index contributed by atoms with van der Waals surface area (Å²) in [4.78, 5) is 21.7. The number of methoxy groups -OCH3 is 1. The van der Waals surface area contributed by atoms with Crippen LogP contribution in [0.25, 0.3) is 0 Å². The third-order valence-corrected chi connectivity index (χ3v) is 6.27. The predicted molar refractivity (Wildman–Crippen MR) is 108 cm³/mol. The highest BCUT2D eigenvalue weighted by Crippen LogP contribution is 2.28. The summed E-state index contributed by atoms with van der Waals surface area (Å²) in [6.45, 7) is 5.36. The Morgan fingerprint density at radius 2 is 2.19 bits per heavy atom. The molecule has 1 amide bonds. The first kappa shape index (κ1) is 19.2. The van der Waals surface area contributed by atoms with E-state index < -0.39 is 0 Å². The van der Waals surface area contributed by atoms with Crippen LogP contribution in [0.2, 0.25) is 0 Å². The number of thioether (sulfide) groups is 1. The number of nitrogens with zero attached hydrogens (tertiary/aromatic N) is 2. The monoisotopic (exact) mass is 391 g/mol. The predicted octanol–water partition coefficient (Wildman–Crippen LogP) is 4.04. The minimum absolute atomic E-state index is 0.0301. The Bertz CT molecular complexity index is 731. The van der Waals surface area contributed by atoms with Gasteiger partial charge >= 0.3 is 0 Å². The van der Waals surface area contributed by atoms with E-state index in [1.807, 2.05) is 24.3 Å². The maximum Gasteiger partial charge on any atom is 0.226 e. The van der Waals surface area contributed by atoms with Gasteiger partial charge in [0.05, 0.1) is 12.8 Å². The molecule has 1 aliphatic rings. The zero-order valence-electron chi connectivity index (χ0n) is 15.3. The van der Waals surface area contributed by atoms with Gasteiger partial charge in [-0.25, -0.2) is 4.98 Å². The first-order chi connectivity index (χ1) is 12.7. The van der Waals surface area contributed by atoms with Crippen molar-refractivity contribution in [1.29, 1.82) is 0 Å². The topological polar surface area (TPSA) is 54.5 Å². The summed E-state index contributed by atoms with van der Waals surface area (Å²) in [5, 5.41) is 3.71. The number of ether oxygens (including phenoxy) is 1. The highest BCUT2D eigenvalue weighted by Gasteiger charge is 2.20. The number of carbonyl (C=O) groups excluding carboxylic acids is 1. The lowest BCUT2D eigenvalue weighted by atomic mass is 10.2. The van der Waals surface area contributed by atoms with Gasteiger partial charge in [-0.05, 0) is 37.2 Å². The molecule has 2 aromatic rings. The molecule has 0 saturated heterocycles. The molecule has 3 rings (SSSR count). The maximum absolute atomic E-state index is 12.2. The van der Waals surface area contributed by atoms with E-state index >= 15 is 0 Å². The molecule has 2 heterocycles. The quantitative estimate of drug-likeness (QED) is 0.688. The molecule has 1 aliphatic heterocycles. The zero-order valence-corrected chi connectivity index (χ0v) is 16.9. The molecular formula is C19H25N3O2S2. The molecule has 1 N–H and O–H groups in total. The number of amides is 1. The number of hydrogen-bond donors (Lipinski definition) is 1. The number of fused-ring (bicyclic) bond motifs is 1. The normalized spacial score (nSPS) is 14.1. The fourth-order valence-electron chi connectivity index (χ4n) is 2.92.